The Hall–Kier alpha value is -2.85. The van der Waals surface area contributed by atoms with E-state index in [2.05, 4.69) is 16.5 Å². The molecule has 0 aliphatic carbocycles. The smallest absolute Gasteiger partial charge is 0.254 e. The Morgan fingerprint density at radius 1 is 1.48 bits per heavy atom. The largest absolute Gasteiger partial charge is 0.381 e. The normalized spacial score (nSPS) is 18.3. The number of benzene rings is 1. The highest BCUT2D eigenvalue weighted by Gasteiger charge is 2.28. The zero-order chi connectivity index (χ0) is 17.6. The van der Waals surface area contributed by atoms with E-state index >= 15 is 0 Å². The van der Waals surface area contributed by atoms with E-state index in [0.717, 1.165) is 25.1 Å². The van der Waals surface area contributed by atoms with Crippen LogP contribution in [0.2, 0.25) is 0 Å². The topological polar surface area (TPSA) is 106 Å². The lowest BCUT2D eigenvalue weighted by Gasteiger charge is -2.29. The third kappa shape index (κ3) is 3.98. The standard InChI is InChI=1S/C18H21N5O2/c19-9-8-16(13-5-4-10-25-12-13)23-11-15(17(20)24)18(22-23)21-14-6-2-1-3-7-14/h1-3,6-7,11,13,16H,4-5,8,10,12H2,(H2,20,24)(H,21,22). The molecule has 1 saturated heterocycles. The maximum absolute atomic E-state index is 11.8. The van der Waals surface area contributed by atoms with Crippen LogP contribution in [0.15, 0.2) is 36.5 Å². The summed E-state index contributed by atoms with van der Waals surface area (Å²) < 4.78 is 7.24. The molecule has 2 unspecified atom stereocenters. The highest BCUT2D eigenvalue weighted by Crippen LogP contribution is 2.30. The fourth-order valence-electron chi connectivity index (χ4n) is 3.13. The highest BCUT2D eigenvalue weighted by molar-refractivity contribution is 5.98. The molecular formula is C18H21N5O2. The molecule has 1 aromatic carbocycles. The van der Waals surface area contributed by atoms with E-state index in [4.69, 9.17) is 10.5 Å². The number of nitrogens with one attached hydrogen (secondary N) is 1. The minimum Gasteiger partial charge on any atom is -0.381 e. The van der Waals surface area contributed by atoms with Crippen LogP contribution in [0.3, 0.4) is 0 Å². The quantitative estimate of drug-likeness (QED) is 0.841. The maximum atomic E-state index is 11.8. The molecule has 1 aromatic heterocycles. The van der Waals surface area contributed by atoms with Crippen molar-refractivity contribution < 1.29 is 9.53 Å². The van der Waals surface area contributed by atoms with Gasteiger partial charge in [-0.15, -0.1) is 0 Å². The number of para-hydroxylation sites is 1. The molecule has 1 aliphatic heterocycles. The summed E-state index contributed by atoms with van der Waals surface area (Å²) in [5, 5.41) is 16.9. The van der Waals surface area contributed by atoms with Gasteiger partial charge in [0.1, 0.15) is 5.56 Å². The highest BCUT2D eigenvalue weighted by atomic mass is 16.5. The monoisotopic (exact) mass is 339 g/mol. The second-order valence-corrected chi connectivity index (χ2v) is 6.13. The third-order valence-electron chi connectivity index (χ3n) is 4.41. The van der Waals surface area contributed by atoms with Crippen molar-refractivity contribution in [2.24, 2.45) is 11.7 Å². The van der Waals surface area contributed by atoms with Gasteiger partial charge in [-0.2, -0.15) is 10.4 Å². The van der Waals surface area contributed by atoms with Gasteiger partial charge in [-0.1, -0.05) is 18.2 Å². The third-order valence-corrected chi connectivity index (χ3v) is 4.41. The van der Waals surface area contributed by atoms with E-state index in [1.165, 1.54) is 0 Å². The summed E-state index contributed by atoms with van der Waals surface area (Å²) in [7, 11) is 0. The van der Waals surface area contributed by atoms with Crippen LogP contribution >= 0.6 is 0 Å². The molecule has 0 bridgehead atoms. The Labute approximate surface area is 146 Å². The van der Waals surface area contributed by atoms with Crippen molar-refractivity contribution >= 4 is 17.4 Å². The number of hydrogen-bond donors (Lipinski definition) is 2. The number of amides is 1. The lowest BCUT2D eigenvalue weighted by atomic mass is 9.92. The first-order valence-electron chi connectivity index (χ1n) is 8.34. The molecule has 2 aromatic rings. The number of rotatable bonds is 6. The molecule has 1 fully saturated rings. The van der Waals surface area contributed by atoms with Gasteiger partial charge in [0.15, 0.2) is 5.82 Å². The first-order chi connectivity index (χ1) is 12.2. The molecule has 2 heterocycles. The number of nitrogens with two attached hydrogens (primary N) is 1. The molecule has 7 heteroatoms. The number of carbonyl (C=O) groups excluding carboxylic acids is 1. The van der Waals surface area contributed by atoms with Gasteiger partial charge in [0.05, 0.1) is 25.1 Å². The van der Waals surface area contributed by atoms with E-state index in [1.54, 1.807) is 10.9 Å². The number of nitriles is 1. The van der Waals surface area contributed by atoms with E-state index in [9.17, 15) is 10.1 Å². The second kappa shape index (κ2) is 7.81. The average molecular weight is 339 g/mol. The van der Waals surface area contributed by atoms with Gasteiger partial charge in [0.25, 0.3) is 5.91 Å². The molecule has 3 rings (SSSR count). The lowest BCUT2D eigenvalue weighted by Crippen LogP contribution is -2.27. The summed E-state index contributed by atoms with van der Waals surface area (Å²) in [6, 6.07) is 11.5. The Balaban J connectivity index is 1.91. The molecule has 1 amide bonds. The van der Waals surface area contributed by atoms with Crippen molar-refractivity contribution in [3.05, 3.63) is 42.1 Å². The number of primary amides is 1. The molecule has 0 radical (unpaired) electrons. The minimum atomic E-state index is -0.555. The van der Waals surface area contributed by atoms with E-state index in [0.29, 0.717) is 24.4 Å². The summed E-state index contributed by atoms with van der Waals surface area (Å²) in [6.45, 7) is 1.35. The summed E-state index contributed by atoms with van der Waals surface area (Å²) >= 11 is 0. The number of anilines is 2. The Morgan fingerprint density at radius 3 is 2.92 bits per heavy atom. The zero-order valence-electron chi connectivity index (χ0n) is 13.9. The number of nitrogens with zero attached hydrogens (tertiary/aromatic N) is 3. The van der Waals surface area contributed by atoms with Crippen LogP contribution in [-0.4, -0.2) is 28.9 Å². The molecular weight excluding hydrogens is 318 g/mol. The van der Waals surface area contributed by atoms with Gasteiger partial charge >= 0.3 is 0 Å². The summed E-state index contributed by atoms with van der Waals surface area (Å²) in [5.74, 6) is 0.0391. The van der Waals surface area contributed by atoms with Gasteiger partial charge in [-0.25, -0.2) is 0 Å². The van der Waals surface area contributed by atoms with Crippen LogP contribution in [0.1, 0.15) is 35.7 Å². The molecule has 25 heavy (non-hydrogen) atoms. The van der Waals surface area contributed by atoms with Crippen LogP contribution in [-0.2, 0) is 4.74 Å². The van der Waals surface area contributed by atoms with Crippen LogP contribution in [0.25, 0.3) is 0 Å². The lowest BCUT2D eigenvalue weighted by molar-refractivity contribution is 0.0316. The van der Waals surface area contributed by atoms with Gasteiger partial charge < -0.3 is 15.8 Å². The Bertz CT molecular complexity index is 760. The molecule has 7 nitrogen and oxygen atoms in total. The van der Waals surface area contributed by atoms with Crippen molar-refractivity contribution in [3.8, 4) is 6.07 Å². The van der Waals surface area contributed by atoms with Crippen molar-refractivity contribution in [1.82, 2.24) is 9.78 Å². The van der Waals surface area contributed by atoms with Crippen molar-refractivity contribution in [2.75, 3.05) is 18.5 Å². The molecule has 0 saturated carbocycles. The van der Waals surface area contributed by atoms with E-state index < -0.39 is 5.91 Å². The number of ether oxygens (including phenoxy) is 1. The fourth-order valence-corrected chi connectivity index (χ4v) is 3.13. The predicted molar refractivity (Wildman–Crippen MR) is 93.3 cm³/mol. The summed E-state index contributed by atoms with van der Waals surface area (Å²) in [6.07, 6.45) is 3.87. The van der Waals surface area contributed by atoms with Crippen molar-refractivity contribution in [2.45, 2.75) is 25.3 Å². The minimum absolute atomic E-state index is 0.144. The molecule has 0 spiro atoms. The van der Waals surface area contributed by atoms with Crippen LogP contribution in [0.5, 0.6) is 0 Å². The first-order valence-corrected chi connectivity index (χ1v) is 8.34. The Kier molecular flexibility index (Phi) is 5.31. The number of hydrogen-bond acceptors (Lipinski definition) is 5. The zero-order valence-corrected chi connectivity index (χ0v) is 13.9. The SMILES string of the molecule is N#CCC(C1CCCOC1)n1cc(C(N)=O)c(Nc2ccccc2)n1. The van der Waals surface area contributed by atoms with E-state index in [1.807, 2.05) is 30.3 Å². The van der Waals surface area contributed by atoms with E-state index in [-0.39, 0.29) is 12.0 Å². The fraction of sp³-hybridized carbons (Fsp3) is 0.389. The van der Waals surface area contributed by atoms with Crippen LogP contribution in [0.4, 0.5) is 11.5 Å². The Morgan fingerprint density at radius 2 is 2.28 bits per heavy atom. The summed E-state index contributed by atoms with van der Waals surface area (Å²) in [4.78, 5) is 11.8. The van der Waals surface area contributed by atoms with Gasteiger partial charge in [-0.3, -0.25) is 9.48 Å². The van der Waals surface area contributed by atoms with Crippen LogP contribution in [0, 0.1) is 17.2 Å². The number of carbonyl (C=O) groups is 1. The molecule has 2 atom stereocenters. The van der Waals surface area contributed by atoms with Gasteiger partial charge in [0, 0.05) is 24.4 Å². The van der Waals surface area contributed by atoms with Crippen molar-refractivity contribution in [3.63, 3.8) is 0 Å². The van der Waals surface area contributed by atoms with Gasteiger partial charge in [0.2, 0.25) is 0 Å². The molecule has 3 N–H and O–H groups in total. The maximum Gasteiger partial charge on any atom is 0.254 e. The molecule has 1 aliphatic rings. The average Bonchev–Trinajstić information content (AvgIpc) is 3.05. The number of aromatic nitrogens is 2. The second-order valence-electron chi connectivity index (χ2n) is 6.13. The van der Waals surface area contributed by atoms with Gasteiger partial charge in [-0.05, 0) is 25.0 Å². The van der Waals surface area contributed by atoms with Crippen molar-refractivity contribution in [1.29, 1.82) is 5.26 Å². The first kappa shape index (κ1) is 17.0. The molecule has 130 valence electrons. The summed E-state index contributed by atoms with van der Waals surface area (Å²) in [5.41, 5.74) is 6.63. The predicted octanol–water partition coefficient (Wildman–Crippen LogP) is 2.61. The van der Waals surface area contributed by atoms with Crippen LogP contribution < -0.4 is 11.1 Å².